The van der Waals surface area contributed by atoms with E-state index in [0.29, 0.717) is 18.7 Å². The molecule has 0 aliphatic rings. The maximum absolute atomic E-state index is 10.6. The summed E-state index contributed by atoms with van der Waals surface area (Å²) in [6.45, 7) is 4.68. The molecule has 0 aliphatic heterocycles. The van der Waals surface area contributed by atoms with E-state index in [2.05, 4.69) is 16.7 Å². The van der Waals surface area contributed by atoms with Crippen LogP contribution in [0.15, 0.2) is 18.2 Å². The minimum Gasteiger partial charge on any atom is -0.383 e. The van der Waals surface area contributed by atoms with Crippen LogP contribution in [0.5, 0.6) is 0 Å². The van der Waals surface area contributed by atoms with Gasteiger partial charge in [-0.15, -0.1) is 0 Å². The van der Waals surface area contributed by atoms with Gasteiger partial charge >= 0.3 is 0 Å². The number of hydrogen-bond donors (Lipinski definition) is 2. The van der Waals surface area contributed by atoms with Crippen molar-refractivity contribution in [2.75, 3.05) is 18.4 Å². The molecule has 0 saturated carbocycles. The van der Waals surface area contributed by atoms with Gasteiger partial charge in [-0.25, -0.2) is 0 Å². The van der Waals surface area contributed by atoms with Crippen molar-refractivity contribution >= 4 is 11.6 Å². The largest absolute Gasteiger partial charge is 0.383 e. The maximum atomic E-state index is 10.6. The van der Waals surface area contributed by atoms with E-state index < -0.39 is 0 Å². The first-order valence-electron chi connectivity index (χ1n) is 5.12. The molecule has 0 heterocycles. The second-order valence-corrected chi connectivity index (χ2v) is 3.55. The molecule has 1 rings (SSSR count). The molecule has 0 saturated heterocycles. The van der Waals surface area contributed by atoms with Crippen molar-refractivity contribution in [1.82, 2.24) is 5.32 Å². The van der Waals surface area contributed by atoms with Gasteiger partial charge in [-0.2, -0.15) is 5.26 Å². The van der Waals surface area contributed by atoms with E-state index in [4.69, 9.17) is 5.26 Å². The third-order valence-electron chi connectivity index (χ3n) is 2.18. The number of benzene rings is 1. The lowest BCUT2D eigenvalue weighted by Crippen LogP contribution is -2.26. The van der Waals surface area contributed by atoms with Crippen molar-refractivity contribution in [2.45, 2.75) is 13.8 Å². The standard InChI is InChI=1S/C12H15N3O/c1-9-3-4-11(8-13)7-12(9)15-6-5-14-10(2)16/h3-4,7,15H,5-6H2,1-2H3,(H,14,16). The van der Waals surface area contributed by atoms with Crippen LogP contribution in [-0.4, -0.2) is 19.0 Å². The van der Waals surface area contributed by atoms with E-state index in [-0.39, 0.29) is 5.91 Å². The first-order chi connectivity index (χ1) is 7.63. The molecule has 1 aromatic carbocycles. The summed E-state index contributed by atoms with van der Waals surface area (Å²) in [5.74, 6) is -0.0377. The highest BCUT2D eigenvalue weighted by Crippen LogP contribution is 2.15. The number of hydrogen-bond acceptors (Lipinski definition) is 3. The van der Waals surface area contributed by atoms with Gasteiger partial charge in [-0.05, 0) is 24.6 Å². The summed E-state index contributed by atoms with van der Waals surface area (Å²) >= 11 is 0. The average Bonchev–Trinajstić information content (AvgIpc) is 2.26. The molecule has 0 bridgehead atoms. The fourth-order valence-electron chi connectivity index (χ4n) is 1.32. The average molecular weight is 217 g/mol. The Morgan fingerprint density at radius 2 is 2.19 bits per heavy atom. The zero-order valence-electron chi connectivity index (χ0n) is 9.50. The van der Waals surface area contributed by atoms with Crippen molar-refractivity contribution < 1.29 is 4.79 Å². The van der Waals surface area contributed by atoms with E-state index in [9.17, 15) is 4.79 Å². The maximum Gasteiger partial charge on any atom is 0.216 e. The Morgan fingerprint density at radius 3 is 2.81 bits per heavy atom. The molecule has 0 radical (unpaired) electrons. The second kappa shape index (κ2) is 5.76. The fraction of sp³-hybridized carbons (Fsp3) is 0.333. The van der Waals surface area contributed by atoms with Crippen molar-refractivity contribution in [3.63, 3.8) is 0 Å². The van der Waals surface area contributed by atoms with Crippen LogP contribution in [0.4, 0.5) is 5.69 Å². The molecule has 0 fully saturated rings. The predicted octanol–water partition coefficient (Wildman–Crippen LogP) is 1.41. The molecule has 0 aliphatic carbocycles. The summed E-state index contributed by atoms with van der Waals surface area (Å²) < 4.78 is 0. The van der Waals surface area contributed by atoms with Gasteiger partial charge in [-0.3, -0.25) is 4.79 Å². The number of carbonyl (C=O) groups is 1. The molecule has 4 nitrogen and oxygen atoms in total. The van der Waals surface area contributed by atoms with E-state index in [1.807, 2.05) is 19.1 Å². The lowest BCUT2D eigenvalue weighted by atomic mass is 10.1. The quantitative estimate of drug-likeness (QED) is 0.749. The van der Waals surface area contributed by atoms with Gasteiger partial charge in [0, 0.05) is 25.7 Å². The predicted molar refractivity (Wildman–Crippen MR) is 63.1 cm³/mol. The van der Waals surface area contributed by atoms with Crippen LogP contribution in [0, 0.1) is 18.3 Å². The molecule has 84 valence electrons. The first-order valence-corrected chi connectivity index (χ1v) is 5.12. The molecule has 0 unspecified atom stereocenters. The Morgan fingerprint density at radius 1 is 1.44 bits per heavy atom. The third-order valence-corrected chi connectivity index (χ3v) is 2.18. The minimum absolute atomic E-state index is 0.0377. The van der Waals surface area contributed by atoms with Crippen LogP contribution < -0.4 is 10.6 Å². The zero-order valence-corrected chi connectivity index (χ0v) is 9.50. The molecule has 1 aromatic rings. The number of carbonyl (C=O) groups excluding carboxylic acids is 1. The number of amides is 1. The Bertz CT molecular complexity index is 421. The lowest BCUT2D eigenvalue weighted by molar-refractivity contribution is -0.118. The monoisotopic (exact) mass is 217 g/mol. The van der Waals surface area contributed by atoms with Gasteiger partial charge in [0.15, 0.2) is 0 Å². The normalized spacial score (nSPS) is 9.31. The van der Waals surface area contributed by atoms with E-state index in [0.717, 1.165) is 11.3 Å². The van der Waals surface area contributed by atoms with Crippen LogP contribution in [0.2, 0.25) is 0 Å². The van der Waals surface area contributed by atoms with Gasteiger partial charge in [0.05, 0.1) is 11.6 Å². The number of nitriles is 1. The molecule has 1 amide bonds. The molecule has 0 atom stereocenters. The molecule has 16 heavy (non-hydrogen) atoms. The van der Waals surface area contributed by atoms with Crippen molar-refractivity contribution in [3.05, 3.63) is 29.3 Å². The summed E-state index contributed by atoms with van der Waals surface area (Å²) in [4.78, 5) is 10.6. The summed E-state index contributed by atoms with van der Waals surface area (Å²) in [7, 11) is 0. The van der Waals surface area contributed by atoms with Gasteiger partial charge in [0.25, 0.3) is 0 Å². The van der Waals surface area contributed by atoms with E-state index in [1.165, 1.54) is 6.92 Å². The summed E-state index contributed by atoms with van der Waals surface area (Å²) in [6.07, 6.45) is 0. The number of aryl methyl sites for hydroxylation is 1. The number of nitrogens with one attached hydrogen (secondary N) is 2. The van der Waals surface area contributed by atoms with Crippen molar-refractivity contribution in [3.8, 4) is 6.07 Å². The summed E-state index contributed by atoms with van der Waals surface area (Å²) in [6, 6.07) is 7.59. The van der Waals surface area contributed by atoms with Crippen LogP contribution >= 0.6 is 0 Å². The summed E-state index contributed by atoms with van der Waals surface area (Å²) in [5.41, 5.74) is 2.65. The highest BCUT2D eigenvalue weighted by Gasteiger charge is 1.99. The van der Waals surface area contributed by atoms with Crippen LogP contribution in [0.25, 0.3) is 0 Å². The van der Waals surface area contributed by atoms with Crippen LogP contribution in [0.3, 0.4) is 0 Å². The van der Waals surface area contributed by atoms with Crippen molar-refractivity contribution in [2.24, 2.45) is 0 Å². The topological polar surface area (TPSA) is 64.9 Å². The minimum atomic E-state index is -0.0377. The highest BCUT2D eigenvalue weighted by molar-refractivity contribution is 5.72. The Kier molecular flexibility index (Phi) is 4.34. The van der Waals surface area contributed by atoms with Gasteiger partial charge in [0.2, 0.25) is 5.91 Å². The fourth-order valence-corrected chi connectivity index (χ4v) is 1.32. The van der Waals surface area contributed by atoms with Crippen molar-refractivity contribution in [1.29, 1.82) is 5.26 Å². The Hall–Kier alpha value is -2.02. The Labute approximate surface area is 95.3 Å². The van der Waals surface area contributed by atoms with Crippen LogP contribution in [0.1, 0.15) is 18.1 Å². The molecular weight excluding hydrogens is 202 g/mol. The second-order valence-electron chi connectivity index (χ2n) is 3.55. The zero-order chi connectivity index (χ0) is 12.0. The highest BCUT2D eigenvalue weighted by atomic mass is 16.1. The first kappa shape index (κ1) is 12.1. The SMILES string of the molecule is CC(=O)NCCNc1cc(C#N)ccc1C. The lowest BCUT2D eigenvalue weighted by Gasteiger charge is -2.09. The molecule has 0 aromatic heterocycles. The molecule has 0 spiro atoms. The van der Waals surface area contributed by atoms with E-state index in [1.54, 1.807) is 6.07 Å². The molecular formula is C12H15N3O. The number of anilines is 1. The smallest absolute Gasteiger partial charge is 0.216 e. The van der Waals surface area contributed by atoms with E-state index >= 15 is 0 Å². The third kappa shape index (κ3) is 3.62. The van der Waals surface area contributed by atoms with Gasteiger partial charge < -0.3 is 10.6 Å². The number of rotatable bonds is 4. The van der Waals surface area contributed by atoms with Gasteiger partial charge in [-0.1, -0.05) is 6.07 Å². The van der Waals surface area contributed by atoms with Crippen LogP contribution in [-0.2, 0) is 4.79 Å². The number of nitrogens with zero attached hydrogens (tertiary/aromatic N) is 1. The summed E-state index contributed by atoms with van der Waals surface area (Å²) in [5, 5.41) is 14.6. The molecule has 4 heteroatoms. The molecule has 2 N–H and O–H groups in total. The Balaban J connectivity index is 2.53. The van der Waals surface area contributed by atoms with Gasteiger partial charge in [0.1, 0.15) is 0 Å².